The molecule has 2 amide bonds. The third-order valence-corrected chi connectivity index (χ3v) is 7.42. The van der Waals surface area contributed by atoms with Crippen molar-refractivity contribution < 1.29 is 14.3 Å². The van der Waals surface area contributed by atoms with E-state index >= 15 is 0 Å². The van der Waals surface area contributed by atoms with Crippen molar-refractivity contribution in [3.63, 3.8) is 0 Å². The molecule has 3 aliphatic rings. The number of amides is 2. The van der Waals surface area contributed by atoms with Crippen LogP contribution < -0.4 is 20.7 Å². The lowest BCUT2D eigenvalue weighted by molar-refractivity contribution is -0.127. The molecule has 2 aromatic rings. The second-order valence-corrected chi connectivity index (χ2v) is 9.43. The number of hydrogen-bond donors (Lipinski definition) is 2. The number of carbonyl (C=O) groups excluding carboxylic acids is 2. The highest BCUT2D eigenvalue weighted by Crippen LogP contribution is 2.37. The van der Waals surface area contributed by atoms with Crippen LogP contribution in [-0.4, -0.2) is 41.5 Å². The van der Waals surface area contributed by atoms with Crippen LogP contribution in [0.1, 0.15) is 66.8 Å². The van der Waals surface area contributed by atoms with E-state index in [4.69, 9.17) is 10.5 Å². The molecule has 1 aromatic heterocycles. The molecule has 2 fully saturated rings. The van der Waals surface area contributed by atoms with E-state index in [1.807, 2.05) is 12.1 Å². The Labute approximate surface area is 193 Å². The number of rotatable bonds is 5. The zero-order chi connectivity index (χ0) is 22.8. The number of aromatic nitrogens is 2. The molecule has 0 bridgehead atoms. The van der Waals surface area contributed by atoms with Crippen molar-refractivity contribution in [2.75, 3.05) is 30.3 Å². The number of ether oxygens (including phenoxy) is 1. The Kier molecular flexibility index (Phi) is 6.15. The van der Waals surface area contributed by atoms with Gasteiger partial charge in [-0.3, -0.25) is 9.59 Å². The topological polar surface area (TPSA) is 110 Å². The molecular formula is C25H31N5O3. The molecule has 1 aliphatic heterocycles. The van der Waals surface area contributed by atoms with E-state index in [2.05, 4.69) is 27.4 Å². The highest BCUT2D eigenvalue weighted by atomic mass is 16.5. The summed E-state index contributed by atoms with van der Waals surface area (Å²) in [6.45, 7) is 1.58. The summed E-state index contributed by atoms with van der Waals surface area (Å²) in [6, 6.07) is 8.26. The summed E-state index contributed by atoms with van der Waals surface area (Å²) in [5, 5.41) is 3.17. The van der Waals surface area contributed by atoms with Crippen LogP contribution in [0.15, 0.2) is 30.6 Å². The summed E-state index contributed by atoms with van der Waals surface area (Å²) in [5.41, 5.74) is 8.28. The zero-order valence-corrected chi connectivity index (χ0v) is 18.8. The van der Waals surface area contributed by atoms with Crippen LogP contribution in [0, 0.1) is 11.8 Å². The van der Waals surface area contributed by atoms with Crippen molar-refractivity contribution in [2.24, 2.45) is 11.8 Å². The van der Waals surface area contributed by atoms with Gasteiger partial charge in [-0.2, -0.15) is 0 Å². The van der Waals surface area contributed by atoms with E-state index in [9.17, 15) is 9.59 Å². The molecule has 0 atom stereocenters. The highest BCUT2D eigenvalue weighted by Gasteiger charge is 2.30. The molecule has 0 unspecified atom stereocenters. The maximum Gasteiger partial charge on any atom is 0.267 e. The van der Waals surface area contributed by atoms with Crippen LogP contribution in [0.2, 0.25) is 0 Å². The van der Waals surface area contributed by atoms with Gasteiger partial charge in [-0.15, -0.1) is 0 Å². The average molecular weight is 450 g/mol. The van der Waals surface area contributed by atoms with Gasteiger partial charge in [0.05, 0.1) is 6.54 Å². The molecule has 8 nitrogen and oxygen atoms in total. The fourth-order valence-corrected chi connectivity index (χ4v) is 5.10. The molecule has 0 saturated heterocycles. The second kappa shape index (κ2) is 9.37. The Hall–Kier alpha value is -3.16. The third-order valence-electron chi connectivity index (χ3n) is 7.42. The minimum Gasteiger partial charge on any atom is -0.475 e. The van der Waals surface area contributed by atoms with Crippen LogP contribution in [0.3, 0.4) is 0 Å². The van der Waals surface area contributed by atoms with Gasteiger partial charge in [0.1, 0.15) is 24.3 Å². The van der Waals surface area contributed by atoms with Gasteiger partial charge in [0.2, 0.25) is 11.8 Å². The van der Waals surface area contributed by atoms with Crippen LogP contribution in [0.4, 0.5) is 11.5 Å². The molecule has 3 N–H and O–H groups in total. The van der Waals surface area contributed by atoms with Crippen LogP contribution in [-0.2, 0) is 4.79 Å². The first-order valence-electron chi connectivity index (χ1n) is 12.0. The number of carbonyl (C=O) groups is 2. The number of nitrogens with two attached hydrogens (primary N) is 1. The summed E-state index contributed by atoms with van der Waals surface area (Å²) in [7, 11) is 0. The fourth-order valence-electron chi connectivity index (χ4n) is 5.10. The maximum atomic E-state index is 13.1. The Balaban J connectivity index is 1.18. The average Bonchev–Trinajstić information content (AvgIpc) is 2.96. The van der Waals surface area contributed by atoms with Crippen LogP contribution >= 0.6 is 0 Å². The standard InChI is InChI=1S/C25H31N5O3/c26-22-21-24(29-15-28-22)33-13-12-30(25(21)32)20-10-8-18(9-11-20)17-6-4-16(5-7-17)14-27-23(31)19-2-1-3-19/h8-11,15-17,19H,1-7,12-14H2,(H,27,31)(H2,26,28,29). The Morgan fingerprint density at radius 3 is 2.55 bits per heavy atom. The summed E-state index contributed by atoms with van der Waals surface area (Å²) in [6.07, 6.45) is 9.13. The lowest BCUT2D eigenvalue weighted by atomic mass is 9.78. The molecular weight excluding hydrogens is 418 g/mol. The molecule has 0 spiro atoms. The molecule has 8 heteroatoms. The number of anilines is 2. The zero-order valence-electron chi connectivity index (χ0n) is 18.8. The van der Waals surface area contributed by atoms with Gasteiger partial charge in [0.25, 0.3) is 5.91 Å². The van der Waals surface area contributed by atoms with Crippen LogP contribution in [0.25, 0.3) is 0 Å². The Morgan fingerprint density at radius 1 is 1.09 bits per heavy atom. The summed E-state index contributed by atoms with van der Waals surface area (Å²) in [5.74, 6) is 1.75. The first kappa shape index (κ1) is 21.7. The molecule has 2 heterocycles. The number of nitrogens with one attached hydrogen (secondary N) is 1. The van der Waals surface area contributed by atoms with Crippen molar-refractivity contribution in [1.82, 2.24) is 15.3 Å². The number of fused-ring (bicyclic) bond motifs is 1. The van der Waals surface area contributed by atoms with Gasteiger partial charge in [0.15, 0.2) is 0 Å². The Morgan fingerprint density at radius 2 is 1.85 bits per heavy atom. The van der Waals surface area contributed by atoms with E-state index in [0.29, 0.717) is 25.0 Å². The number of hydrogen-bond acceptors (Lipinski definition) is 6. The molecule has 0 radical (unpaired) electrons. The molecule has 174 valence electrons. The van der Waals surface area contributed by atoms with Gasteiger partial charge < -0.3 is 20.7 Å². The van der Waals surface area contributed by atoms with Crippen molar-refractivity contribution in [3.05, 3.63) is 41.7 Å². The lowest BCUT2D eigenvalue weighted by Gasteiger charge is -2.30. The van der Waals surface area contributed by atoms with E-state index in [1.54, 1.807) is 4.90 Å². The molecule has 1 aromatic carbocycles. The molecule has 2 saturated carbocycles. The molecule has 33 heavy (non-hydrogen) atoms. The van der Waals surface area contributed by atoms with Gasteiger partial charge in [0, 0.05) is 18.2 Å². The lowest BCUT2D eigenvalue weighted by Crippen LogP contribution is -2.37. The van der Waals surface area contributed by atoms with Crippen molar-refractivity contribution in [3.8, 4) is 5.88 Å². The maximum absolute atomic E-state index is 13.1. The number of nitrogens with zero attached hydrogens (tertiary/aromatic N) is 3. The van der Waals surface area contributed by atoms with E-state index in [1.165, 1.54) is 18.3 Å². The second-order valence-electron chi connectivity index (χ2n) is 9.43. The number of nitrogen functional groups attached to an aromatic ring is 1. The monoisotopic (exact) mass is 449 g/mol. The first-order valence-corrected chi connectivity index (χ1v) is 12.0. The summed E-state index contributed by atoms with van der Waals surface area (Å²) < 4.78 is 5.62. The fraction of sp³-hybridized carbons (Fsp3) is 0.520. The van der Waals surface area contributed by atoms with Gasteiger partial charge >= 0.3 is 0 Å². The SMILES string of the molecule is Nc1ncnc2c1C(=O)N(c1ccc(C3CCC(CNC(=O)C4CCC4)CC3)cc1)CCO2. The largest absolute Gasteiger partial charge is 0.475 e. The summed E-state index contributed by atoms with van der Waals surface area (Å²) in [4.78, 5) is 34.9. The molecule has 5 rings (SSSR count). The highest BCUT2D eigenvalue weighted by molar-refractivity contribution is 6.10. The van der Waals surface area contributed by atoms with Gasteiger partial charge in [-0.25, -0.2) is 9.97 Å². The normalized spacial score (nSPS) is 23.2. The van der Waals surface area contributed by atoms with Gasteiger partial charge in [-0.1, -0.05) is 18.6 Å². The Bertz CT molecular complexity index is 1010. The third kappa shape index (κ3) is 4.51. The first-order chi connectivity index (χ1) is 16.1. The smallest absolute Gasteiger partial charge is 0.267 e. The van der Waals surface area contributed by atoms with Crippen molar-refractivity contribution >= 4 is 23.3 Å². The predicted octanol–water partition coefficient (Wildman–Crippen LogP) is 3.29. The van der Waals surface area contributed by atoms with Crippen molar-refractivity contribution in [2.45, 2.75) is 50.9 Å². The minimum atomic E-state index is -0.238. The van der Waals surface area contributed by atoms with E-state index in [-0.39, 0.29) is 35.0 Å². The van der Waals surface area contributed by atoms with Gasteiger partial charge in [-0.05, 0) is 68.1 Å². The quantitative estimate of drug-likeness (QED) is 0.725. The van der Waals surface area contributed by atoms with Crippen LogP contribution in [0.5, 0.6) is 5.88 Å². The minimum absolute atomic E-state index is 0.133. The van der Waals surface area contributed by atoms with Crippen molar-refractivity contribution in [1.29, 1.82) is 0 Å². The van der Waals surface area contributed by atoms with E-state index < -0.39 is 0 Å². The van der Waals surface area contributed by atoms with E-state index in [0.717, 1.165) is 50.8 Å². The number of benzene rings is 1. The predicted molar refractivity (Wildman–Crippen MR) is 125 cm³/mol. The summed E-state index contributed by atoms with van der Waals surface area (Å²) >= 11 is 0. The molecule has 2 aliphatic carbocycles.